The lowest BCUT2D eigenvalue weighted by Crippen LogP contribution is -2.30. The third-order valence-electron chi connectivity index (χ3n) is 3.77. The summed E-state index contributed by atoms with van der Waals surface area (Å²) in [7, 11) is 0. The Kier molecular flexibility index (Phi) is 4.51. The van der Waals surface area contributed by atoms with Gasteiger partial charge in [-0.25, -0.2) is 0 Å². The van der Waals surface area contributed by atoms with E-state index in [2.05, 4.69) is 9.73 Å². The number of aromatic nitrogens is 1. The molecule has 0 radical (unpaired) electrons. The van der Waals surface area contributed by atoms with Crippen LogP contribution < -0.4 is 9.54 Å². The van der Waals surface area contributed by atoms with Gasteiger partial charge in [0.05, 0.1) is 22.9 Å². The Morgan fingerprint density at radius 3 is 2.58 bits per heavy atom. The second kappa shape index (κ2) is 6.27. The number of nitrogens with zero attached hydrogens (tertiary/aromatic N) is 2. The summed E-state index contributed by atoms with van der Waals surface area (Å²) in [6, 6.07) is 1.53. The minimum Gasteiger partial charge on any atom is -0.406 e. The fourth-order valence-electron chi connectivity index (χ4n) is 2.80. The molecule has 3 rings (SSSR count). The molecule has 1 amide bonds. The largest absolute Gasteiger partial charge is 0.573 e. The van der Waals surface area contributed by atoms with Crippen molar-refractivity contribution in [1.82, 2.24) is 4.57 Å². The van der Waals surface area contributed by atoms with E-state index in [0.717, 1.165) is 12.1 Å². The maximum atomic E-state index is 12.5. The van der Waals surface area contributed by atoms with Gasteiger partial charge in [0, 0.05) is 0 Å². The monoisotopic (exact) mass is 400 g/mol. The second-order valence-corrected chi connectivity index (χ2v) is 6.53. The van der Waals surface area contributed by atoms with Crippen molar-refractivity contribution in [1.29, 1.82) is 0 Å². The van der Waals surface area contributed by atoms with E-state index in [1.54, 1.807) is 0 Å². The minimum atomic E-state index is -5.18. The summed E-state index contributed by atoms with van der Waals surface area (Å²) in [5, 5.41) is 9.47. The smallest absolute Gasteiger partial charge is 0.406 e. The molecule has 26 heavy (non-hydrogen) atoms. The van der Waals surface area contributed by atoms with Crippen molar-refractivity contribution in [2.24, 2.45) is 4.99 Å². The summed E-state index contributed by atoms with van der Waals surface area (Å²) in [5.41, 5.74) is 0.743. The Morgan fingerprint density at radius 1 is 1.31 bits per heavy atom. The highest BCUT2D eigenvalue weighted by Crippen LogP contribution is 2.36. The summed E-state index contributed by atoms with van der Waals surface area (Å²) in [4.78, 5) is 13.9. The Morgan fingerprint density at radius 2 is 2.00 bits per heavy atom. The van der Waals surface area contributed by atoms with Crippen LogP contribution >= 0.6 is 11.3 Å². The number of hydrogen-bond donors (Lipinski definition) is 1. The minimum absolute atomic E-state index is 0.175. The van der Waals surface area contributed by atoms with E-state index < -0.39 is 36.8 Å². The van der Waals surface area contributed by atoms with E-state index in [1.807, 2.05) is 0 Å². The first-order valence-corrected chi connectivity index (χ1v) is 8.01. The van der Waals surface area contributed by atoms with Crippen molar-refractivity contribution in [3.8, 4) is 5.75 Å². The van der Waals surface area contributed by atoms with Crippen molar-refractivity contribution in [2.75, 3.05) is 6.61 Å². The average Bonchev–Trinajstić information content (AvgIpc) is 2.84. The molecule has 0 saturated carbocycles. The predicted molar refractivity (Wildman–Crippen MR) is 77.6 cm³/mol. The van der Waals surface area contributed by atoms with Gasteiger partial charge in [-0.1, -0.05) is 11.3 Å². The SMILES string of the molecule is O=C(/N=c1/sc2cc(OC(F)(F)F)cc3c2n1C(CO)CC3)C(F)(F)F. The molecule has 0 aliphatic carbocycles. The third kappa shape index (κ3) is 3.56. The van der Waals surface area contributed by atoms with Crippen molar-refractivity contribution in [2.45, 2.75) is 31.4 Å². The fraction of sp³-hybridized carbons (Fsp3) is 0.429. The van der Waals surface area contributed by atoms with Crippen molar-refractivity contribution in [3.05, 3.63) is 22.5 Å². The van der Waals surface area contributed by atoms with Crippen LogP contribution in [0.15, 0.2) is 17.1 Å². The Labute approximate surface area is 145 Å². The number of alkyl halides is 6. The number of aryl methyl sites for hydroxylation is 1. The molecule has 0 spiro atoms. The standard InChI is InChI=1S/C14H10F6N2O3S/c15-13(16,17)11(24)21-12-22-7(5-23)2-1-6-3-8(25-14(18,19)20)4-9(26-12)10(6)22/h3-4,7,23H,1-2,5H2/b21-12+. The molecule has 12 heteroatoms. The zero-order chi connectivity index (χ0) is 19.3. The van der Waals surface area contributed by atoms with Crippen LogP contribution in [-0.2, 0) is 11.2 Å². The van der Waals surface area contributed by atoms with Crippen LogP contribution in [0.25, 0.3) is 10.2 Å². The van der Waals surface area contributed by atoms with Gasteiger partial charge in [0.15, 0.2) is 4.80 Å². The molecule has 0 bridgehead atoms. The number of ether oxygens (including phenoxy) is 1. The predicted octanol–water partition coefficient (Wildman–Crippen LogP) is 3.07. The Balaban J connectivity index is 2.23. The van der Waals surface area contributed by atoms with Crippen molar-refractivity contribution in [3.63, 3.8) is 0 Å². The van der Waals surface area contributed by atoms with Crippen molar-refractivity contribution < 1.29 is 41.0 Å². The van der Waals surface area contributed by atoms with E-state index in [-0.39, 0.29) is 15.9 Å². The quantitative estimate of drug-likeness (QED) is 0.789. The maximum absolute atomic E-state index is 12.5. The molecule has 1 unspecified atom stereocenters. The van der Waals surface area contributed by atoms with Crippen molar-refractivity contribution >= 4 is 27.5 Å². The van der Waals surface area contributed by atoms with E-state index in [4.69, 9.17) is 0 Å². The van der Waals surface area contributed by atoms with Gasteiger partial charge in [-0.2, -0.15) is 18.2 Å². The molecule has 1 aliphatic rings. The first kappa shape index (κ1) is 18.7. The maximum Gasteiger partial charge on any atom is 0.573 e. The summed E-state index contributed by atoms with van der Waals surface area (Å²) < 4.78 is 80.2. The van der Waals surface area contributed by atoms with Gasteiger partial charge in [-0.3, -0.25) is 4.79 Å². The fourth-order valence-corrected chi connectivity index (χ4v) is 3.97. The van der Waals surface area contributed by atoms with Gasteiger partial charge >= 0.3 is 18.4 Å². The lowest BCUT2D eigenvalue weighted by atomic mass is 9.99. The summed E-state index contributed by atoms with van der Waals surface area (Å²) in [5.74, 6) is -2.84. The van der Waals surface area contributed by atoms with Gasteiger partial charge < -0.3 is 14.4 Å². The molecular formula is C14H10F6N2O3S. The molecule has 1 aromatic heterocycles. The number of thiazole rings is 1. The van der Waals surface area contributed by atoms with Gasteiger partial charge in [0.25, 0.3) is 0 Å². The van der Waals surface area contributed by atoms with E-state index >= 15 is 0 Å². The average molecular weight is 400 g/mol. The van der Waals surface area contributed by atoms with E-state index in [1.165, 1.54) is 4.57 Å². The molecule has 0 saturated heterocycles. The van der Waals surface area contributed by atoms with E-state index in [0.29, 0.717) is 28.8 Å². The number of aliphatic hydroxyl groups excluding tert-OH is 1. The number of benzene rings is 1. The topological polar surface area (TPSA) is 63.8 Å². The van der Waals surface area contributed by atoms with Crippen LogP contribution in [-0.4, -0.2) is 34.7 Å². The number of hydrogen-bond acceptors (Lipinski definition) is 4. The normalized spacial score (nSPS) is 18.4. The first-order valence-electron chi connectivity index (χ1n) is 7.20. The van der Waals surface area contributed by atoms with Gasteiger partial charge in [-0.15, -0.1) is 13.2 Å². The number of amides is 1. The number of carbonyl (C=O) groups excluding carboxylic acids is 1. The van der Waals surface area contributed by atoms with Crippen LogP contribution in [0.1, 0.15) is 18.0 Å². The van der Waals surface area contributed by atoms with Crippen LogP contribution in [0.5, 0.6) is 5.75 Å². The van der Waals surface area contributed by atoms with Crippen LogP contribution in [0, 0.1) is 0 Å². The lowest BCUT2D eigenvalue weighted by molar-refractivity contribution is -0.274. The lowest BCUT2D eigenvalue weighted by Gasteiger charge is -2.24. The molecule has 1 N–H and O–H groups in total. The Bertz CT molecular complexity index is 928. The zero-order valence-corrected chi connectivity index (χ0v) is 13.5. The van der Waals surface area contributed by atoms with Gasteiger partial charge in [-0.05, 0) is 30.5 Å². The van der Waals surface area contributed by atoms with Crippen LogP contribution in [0.4, 0.5) is 26.3 Å². The van der Waals surface area contributed by atoms with Gasteiger partial charge in [0.2, 0.25) is 0 Å². The highest BCUT2D eigenvalue weighted by molar-refractivity contribution is 7.16. The van der Waals surface area contributed by atoms with Gasteiger partial charge in [0.1, 0.15) is 5.75 Å². The molecule has 5 nitrogen and oxygen atoms in total. The van der Waals surface area contributed by atoms with E-state index in [9.17, 15) is 36.2 Å². The molecule has 1 aromatic carbocycles. The number of halogens is 6. The first-order chi connectivity index (χ1) is 12.0. The molecule has 2 heterocycles. The summed E-state index contributed by atoms with van der Waals surface area (Å²) >= 11 is 0.623. The molecule has 1 atom stereocenters. The molecule has 0 fully saturated rings. The second-order valence-electron chi connectivity index (χ2n) is 5.52. The highest BCUT2D eigenvalue weighted by Gasteiger charge is 2.39. The third-order valence-corrected chi connectivity index (χ3v) is 4.77. The number of carbonyl (C=O) groups is 1. The molecule has 2 aromatic rings. The zero-order valence-electron chi connectivity index (χ0n) is 12.7. The molecule has 142 valence electrons. The molecule has 1 aliphatic heterocycles. The van der Waals surface area contributed by atoms with Crippen LogP contribution in [0.3, 0.4) is 0 Å². The summed E-state index contributed by atoms with van der Waals surface area (Å²) in [6.45, 7) is -0.417. The number of rotatable bonds is 2. The molecular weight excluding hydrogens is 390 g/mol. The van der Waals surface area contributed by atoms with Crippen LogP contribution in [0.2, 0.25) is 0 Å². The summed E-state index contributed by atoms with van der Waals surface area (Å²) in [6.07, 6.45) is -9.55. The number of aliphatic hydroxyl groups is 1. The highest BCUT2D eigenvalue weighted by atomic mass is 32.1. The Hall–Kier alpha value is -2.08.